The van der Waals surface area contributed by atoms with Gasteiger partial charge in [-0.05, 0) is 29.2 Å². The molecule has 2 rings (SSSR count). The summed E-state index contributed by atoms with van der Waals surface area (Å²) in [5.74, 6) is -1.76. The monoisotopic (exact) mass is 335 g/mol. The van der Waals surface area contributed by atoms with Gasteiger partial charge in [-0.25, -0.2) is 18.0 Å². The van der Waals surface area contributed by atoms with Crippen LogP contribution in [0.25, 0.3) is 0 Å². The lowest BCUT2D eigenvalue weighted by atomic mass is 10.1. The van der Waals surface area contributed by atoms with E-state index in [2.05, 4.69) is 9.57 Å². The molecule has 0 unspecified atom stereocenters. The van der Waals surface area contributed by atoms with Crippen LogP contribution >= 0.6 is 0 Å². The van der Waals surface area contributed by atoms with E-state index >= 15 is 0 Å². The molecule has 0 aliphatic heterocycles. The average molecular weight is 335 g/mol. The molecule has 0 saturated carbocycles. The van der Waals surface area contributed by atoms with Crippen molar-refractivity contribution in [3.8, 4) is 0 Å². The minimum absolute atomic E-state index is 0.0288. The molecule has 8 heteroatoms. The number of benzene rings is 2. The second-order valence-electron chi connectivity index (χ2n) is 4.33. The number of hydrogen-bond donors (Lipinski definition) is 1. The predicted octanol–water partition coefficient (Wildman–Crippen LogP) is 1.52. The SMILES string of the molecule is COC(=O)c1ccccc1C(=O)ONS(=O)(=O)c1ccccc1. The van der Waals surface area contributed by atoms with Crippen LogP contribution in [-0.4, -0.2) is 27.5 Å². The van der Waals surface area contributed by atoms with Crippen molar-refractivity contribution in [1.29, 1.82) is 0 Å². The summed E-state index contributed by atoms with van der Waals surface area (Å²) in [6.07, 6.45) is 0. The van der Waals surface area contributed by atoms with E-state index in [1.165, 1.54) is 55.6 Å². The number of hydrogen-bond acceptors (Lipinski definition) is 6. The van der Waals surface area contributed by atoms with E-state index in [9.17, 15) is 18.0 Å². The number of carbonyl (C=O) groups is 2. The Morgan fingerprint density at radius 2 is 1.39 bits per heavy atom. The van der Waals surface area contributed by atoms with Gasteiger partial charge < -0.3 is 9.57 Å². The van der Waals surface area contributed by atoms with Crippen LogP contribution in [0.5, 0.6) is 0 Å². The highest BCUT2D eigenvalue weighted by Crippen LogP contribution is 2.12. The molecule has 0 aromatic heterocycles. The molecule has 7 nitrogen and oxygen atoms in total. The van der Waals surface area contributed by atoms with Crippen molar-refractivity contribution >= 4 is 22.0 Å². The fourth-order valence-electron chi connectivity index (χ4n) is 1.74. The standard InChI is InChI=1S/C15H13NO6S/c1-21-14(17)12-9-5-6-10-13(12)15(18)22-16-23(19,20)11-7-3-2-4-8-11/h2-10,16H,1H3. The van der Waals surface area contributed by atoms with Crippen molar-refractivity contribution in [3.63, 3.8) is 0 Å². The van der Waals surface area contributed by atoms with E-state index in [0.717, 1.165) is 0 Å². The summed E-state index contributed by atoms with van der Waals surface area (Å²) in [7, 11) is -2.84. The quantitative estimate of drug-likeness (QED) is 0.657. The molecule has 120 valence electrons. The number of rotatable bonds is 5. The van der Waals surface area contributed by atoms with Crippen LogP contribution in [0.1, 0.15) is 20.7 Å². The van der Waals surface area contributed by atoms with Gasteiger partial charge in [-0.15, -0.1) is 0 Å². The molecule has 2 aromatic carbocycles. The Morgan fingerprint density at radius 1 is 0.870 bits per heavy atom. The number of esters is 1. The van der Waals surface area contributed by atoms with Crippen LogP contribution in [0, 0.1) is 0 Å². The summed E-state index contributed by atoms with van der Waals surface area (Å²) >= 11 is 0. The van der Waals surface area contributed by atoms with Gasteiger partial charge in [0.1, 0.15) is 0 Å². The summed E-state index contributed by atoms with van der Waals surface area (Å²) in [5, 5.41) is 0. The topological polar surface area (TPSA) is 98.8 Å². The average Bonchev–Trinajstić information content (AvgIpc) is 2.59. The molecular formula is C15H13NO6S. The molecule has 0 atom stereocenters. The third-order valence-corrected chi connectivity index (χ3v) is 4.05. The second kappa shape index (κ2) is 7.03. The molecule has 0 saturated heterocycles. The first-order valence-corrected chi connectivity index (χ1v) is 7.89. The number of nitrogens with one attached hydrogen (secondary N) is 1. The Morgan fingerprint density at radius 3 is 1.96 bits per heavy atom. The van der Waals surface area contributed by atoms with E-state index in [1.54, 1.807) is 11.0 Å². The zero-order valence-corrected chi connectivity index (χ0v) is 12.9. The lowest BCUT2D eigenvalue weighted by molar-refractivity contribution is 0.0397. The van der Waals surface area contributed by atoms with Crippen molar-refractivity contribution in [2.45, 2.75) is 4.90 Å². The van der Waals surface area contributed by atoms with Gasteiger partial charge in [0.25, 0.3) is 10.0 Å². The molecule has 23 heavy (non-hydrogen) atoms. The summed E-state index contributed by atoms with van der Waals surface area (Å²) in [6, 6.07) is 13.1. The largest absolute Gasteiger partial charge is 0.465 e. The van der Waals surface area contributed by atoms with Gasteiger partial charge in [0.2, 0.25) is 0 Å². The highest BCUT2D eigenvalue weighted by atomic mass is 32.2. The van der Waals surface area contributed by atoms with Gasteiger partial charge in [-0.1, -0.05) is 30.3 Å². The second-order valence-corrected chi connectivity index (χ2v) is 5.97. The number of ether oxygens (including phenoxy) is 1. The Hall–Kier alpha value is -2.71. The first-order valence-electron chi connectivity index (χ1n) is 6.41. The summed E-state index contributed by atoms with van der Waals surface area (Å²) in [5.41, 5.74) is -0.144. The normalized spacial score (nSPS) is 10.8. The molecule has 0 bridgehead atoms. The van der Waals surface area contributed by atoms with Crippen LogP contribution in [0.3, 0.4) is 0 Å². The number of methoxy groups -OCH3 is 1. The van der Waals surface area contributed by atoms with Crippen LogP contribution in [0.4, 0.5) is 0 Å². The van der Waals surface area contributed by atoms with Crippen LogP contribution in [0.2, 0.25) is 0 Å². The fourth-order valence-corrected chi connectivity index (χ4v) is 2.54. The van der Waals surface area contributed by atoms with Crippen LogP contribution < -0.4 is 4.89 Å². The van der Waals surface area contributed by atoms with Crippen LogP contribution in [-0.2, 0) is 19.6 Å². The van der Waals surface area contributed by atoms with E-state index in [1.807, 2.05) is 0 Å². The third kappa shape index (κ3) is 3.93. The van der Waals surface area contributed by atoms with Gasteiger partial charge in [-0.2, -0.15) is 0 Å². The molecule has 0 aliphatic carbocycles. The first kappa shape index (κ1) is 16.7. The van der Waals surface area contributed by atoms with Crippen molar-refractivity contribution < 1.29 is 27.6 Å². The number of sulfonamides is 1. The summed E-state index contributed by atoms with van der Waals surface area (Å²) < 4.78 is 28.5. The number of carbonyl (C=O) groups excluding carboxylic acids is 2. The van der Waals surface area contributed by atoms with E-state index < -0.39 is 22.0 Å². The van der Waals surface area contributed by atoms with Crippen molar-refractivity contribution in [3.05, 3.63) is 65.7 Å². The van der Waals surface area contributed by atoms with Crippen molar-refractivity contribution in [2.24, 2.45) is 0 Å². The maximum absolute atomic E-state index is 12.0. The van der Waals surface area contributed by atoms with Crippen molar-refractivity contribution in [2.75, 3.05) is 7.11 Å². The minimum Gasteiger partial charge on any atom is -0.465 e. The Kier molecular flexibility index (Phi) is 5.09. The van der Waals surface area contributed by atoms with Gasteiger partial charge in [0.15, 0.2) is 0 Å². The zero-order chi connectivity index (χ0) is 16.9. The van der Waals surface area contributed by atoms with E-state index in [-0.39, 0.29) is 16.0 Å². The van der Waals surface area contributed by atoms with Gasteiger partial charge in [0, 0.05) is 0 Å². The Balaban J connectivity index is 2.16. The van der Waals surface area contributed by atoms with Gasteiger partial charge in [0.05, 0.1) is 23.1 Å². The molecule has 0 amide bonds. The highest BCUT2D eigenvalue weighted by Gasteiger charge is 2.21. The predicted molar refractivity (Wildman–Crippen MR) is 80.0 cm³/mol. The molecule has 2 aromatic rings. The molecule has 0 radical (unpaired) electrons. The van der Waals surface area contributed by atoms with Crippen LogP contribution in [0.15, 0.2) is 59.5 Å². The molecule has 1 N–H and O–H groups in total. The summed E-state index contributed by atoms with van der Waals surface area (Å²) in [4.78, 5) is 29.9. The smallest absolute Gasteiger partial charge is 0.358 e. The Bertz CT molecular complexity index is 817. The van der Waals surface area contributed by atoms with E-state index in [0.29, 0.717) is 0 Å². The summed E-state index contributed by atoms with van der Waals surface area (Å²) in [6.45, 7) is 0. The highest BCUT2D eigenvalue weighted by molar-refractivity contribution is 7.89. The first-order chi connectivity index (χ1) is 11.0. The van der Waals surface area contributed by atoms with Gasteiger partial charge >= 0.3 is 11.9 Å². The van der Waals surface area contributed by atoms with E-state index in [4.69, 9.17) is 0 Å². The maximum atomic E-state index is 12.0. The minimum atomic E-state index is -4.01. The lowest BCUT2D eigenvalue weighted by Gasteiger charge is -2.09. The zero-order valence-electron chi connectivity index (χ0n) is 12.1. The fraction of sp³-hybridized carbons (Fsp3) is 0.0667. The van der Waals surface area contributed by atoms with Crippen molar-refractivity contribution in [1.82, 2.24) is 4.89 Å². The van der Waals surface area contributed by atoms with Gasteiger partial charge in [-0.3, -0.25) is 0 Å². The Labute approximate surface area is 132 Å². The molecule has 0 heterocycles. The molecule has 0 aliphatic rings. The molecule has 0 spiro atoms. The lowest BCUT2D eigenvalue weighted by Crippen LogP contribution is -2.28. The maximum Gasteiger partial charge on any atom is 0.358 e. The third-order valence-electron chi connectivity index (χ3n) is 2.85. The molecule has 0 fully saturated rings. The molecular weight excluding hydrogens is 322 g/mol.